The lowest BCUT2D eigenvalue weighted by Crippen LogP contribution is -2.13. The maximum absolute atomic E-state index is 12.7. The summed E-state index contributed by atoms with van der Waals surface area (Å²) in [5.41, 5.74) is 1.28. The van der Waals surface area contributed by atoms with Crippen molar-refractivity contribution < 1.29 is 9.72 Å². The molecule has 0 aliphatic heterocycles. The summed E-state index contributed by atoms with van der Waals surface area (Å²) in [6.45, 7) is 0. The topological polar surface area (TPSA) is 108 Å². The van der Waals surface area contributed by atoms with Crippen LogP contribution in [0.4, 0.5) is 11.4 Å². The van der Waals surface area contributed by atoms with Crippen molar-refractivity contribution in [2.75, 3.05) is 5.32 Å². The number of carbonyl (C=O) groups is 1. The minimum atomic E-state index is -0.475. The number of para-hydroxylation sites is 1. The van der Waals surface area contributed by atoms with Crippen LogP contribution in [0.1, 0.15) is 10.5 Å². The molecule has 1 amide bonds. The third-order valence-corrected chi connectivity index (χ3v) is 5.39. The predicted octanol–water partition coefficient (Wildman–Crippen LogP) is 3.92. The quantitative estimate of drug-likeness (QED) is 0.374. The summed E-state index contributed by atoms with van der Waals surface area (Å²) in [4.78, 5) is 28.4. The van der Waals surface area contributed by atoms with Gasteiger partial charge in [-0.1, -0.05) is 18.2 Å². The number of aryl methyl sites for hydroxylation is 1. The Labute approximate surface area is 175 Å². The Bertz CT molecular complexity index is 1230. The van der Waals surface area contributed by atoms with E-state index in [-0.39, 0.29) is 17.3 Å². The van der Waals surface area contributed by atoms with Gasteiger partial charge in [0.1, 0.15) is 0 Å². The molecule has 0 unspecified atom stereocenters. The van der Waals surface area contributed by atoms with E-state index in [4.69, 9.17) is 0 Å². The molecule has 0 saturated heterocycles. The number of nitro groups is 1. The first-order chi connectivity index (χ1) is 14.5. The minimum Gasteiger partial charge on any atom is -0.329 e. The maximum atomic E-state index is 12.7. The summed E-state index contributed by atoms with van der Waals surface area (Å²) in [5.74, 6) is -0.382. The molecule has 0 radical (unpaired) electrons. The van der Waals surface area contributed by atoms with E-state index in [0.29, 0.717) is 11.4 Å². The summed E-state index contributed by atoms with van der Waals surface area (Å²) in [6, 6.07) is 15.0. The van der Waals surface area contributed by atoms with Crippen LogP contribution < -0.4 is 5.32 Å². The fourth-order valence-electron chi connectivity index (χ4n) is 2.73. The van der Waals surface area contributed by atoms with E-state index >= 15 is 0 Å². The molecule has 4 aromatic rings. The summed E-state index contributed by atoms with van der Waals surface area (Å²) in [5, 5.41) is 18.9. The molecule has 0 bridgehead atoms. The number of imidazole rings is 1. The zero-order valence-corrected chi connectivity index (χ0v) is 16.6. The van der Waals surface area contributed by atoms with Crippen molar-refractivity contribution >= 4 is 29.0 Å². The molecule has 0 spiro atoms. The van der Waals surface area contributed by atoms with E-state index < -0.39 is 4.92 Å². The van der Waals surface area contributed by atoms with Crippen LogP contribution in [-0.4, -0.2) is 30.2 Å². The van der Waals surface area contributed by atoms with Crippen LogP contribution in [-0.2, 0) is 7.05 Å². The maximum Gasteiger partial charge on any atom is 0.276 e. The second-order valence-corrected chi connectivity index (χ2v) is 7.30. The Kier molecular flexibility index (Phi) is 5.31. The molecule has 0 aliphatic rings. The highest BCUT2D eigenvalue weighted by molar-refractivity contribution is 7.99. The lowest BCUT2D eigenvalue weighted by atomic mass is 10.3. The molecular formula is C20H16N6O3S. The SMILES string of the molecule is Cn1ccnc1Sc1ccccc1NC(=O)c1ccn(-c2cccc([N+](=O)[O-])c2)n1. The first-order valence-electron chi connectivity index (χ1n) is 8.87. The molecule has 4 rings (SSSR count). The predicted molar refractivity (Wildman–Crippen MR) is 112 cm³/mol. The Morgan fingerprint density at radius 2 is 1.97 bits per heavy atom. The zero-order chi connectivity index (χ0) is 21.1. The van der Waals surface area contributed by atoms with Gasteiger partial charge in [-0.15, -0.1) is 0 Å². The fourth-order valence-corrected chi connectivity index (χ4v) is 3.62. The van der Waals surface area contributed by atoms with Gasteiger partial charge in [0.25, 0.3) is 11.6 Å². The number of aromatic nitrogens is 4. The number of rotatable bonds is 6. The molecule has 2 aromatic heterocycles. The van der Waals surface area contributed by atoms with Gasteiger partial charge in [-0.2, -0.15) is 5.10 Å². The number of anilines is 1. The molecule has 0 saturated carbocycles. The van der Waals surface area contributed by atoms with Crippen LogP contribution in [0, 0.1) is 10.1 Å². The molecule has 1 N–H and O–H groups in total. The van der Waals surface area contributed by atoms with Crippen molar-refractivity contribution in [3.8, 4) is 5.69 Å². The molecule has 10 heteroatoms. The Morgan fingerprint density at radius 1 is 1.13 bits per heavy atom. The Balaban J connectivity index is 1.54. The lowest BCUT2D eigenvalue weighted by Gasteiger charge is -2.09. The highest BCUT2D eigenvalue weighted by Crippen LogP contribution is 2.32. The van der Waals surface area contributed by atoms with Gasteiger partial charge >= 0.3 is 0 Å². The van der Waals surface area contributed by atoms with Gasteiger partial charge in [0.15, 0.2) is 10.9 Å². The minimum absolute atomic E-state index is 0.0470. The first kappa shape index (κ1) is 19.4. The van der Waals surface area contributed by atoms with Crippen molar-refractivity contribution in [1.82, 2.24) is 19.3 Å². The number of nitrogens with one attached hydrogen (secondary N) is 1. The van der Waals surface area contributed by atoms with Crippen molar-refractivity contribution in [1.29, 1.82) is 0 Å². The van der Waals surface area contributed by atoms with E-state index in [1.165, 1.54) is 28.6 Å². The number of nitrogens with zero attached hydrogens (tertiary/aromatic N) is 5. The molecular weight excluding hydrogens is 404 g/mol. The Morgan fingerprint density at radius 3 is 2.73 bits per heavy atom. The molecule has 0 atom stereocenters. The zero-order valence-electron chi connectivity index (χ0n) is 15.8. The number of benzene rings is 2. The molecule has 2 heterocycles. The van der Waals surface area contributed by atoms with Gasteiger partial charge in [-0.25, -0.2) is 9.67 Å². The molecule has 9 nitrogen and oxygen atoms in total. The normalized spacial score (nSPS) is 10.7. The van der Waals surface area contributed by atoms with Crippen LogP contribution in [0.3, 0.4) is 0 Å². The van der Waals surface area contributed by atoms with Gasteiger partial charge in [-0.05, 0) is 36.0 Å². The summed E-state index contributed by atoms with van der Waals surface area (Å²) in [6.07, 6.45) is 5.15. The van der Waals surface area contributed by atoms with Crippen LogP contribution >= 0.6 is 11.8 Å². The number of amides is 1. The van der Waals surface area contributed by atoms with E-state index in [9.17, 15) is 14.9 Å². The largest absolute Gasteiger partial charge is 0.329 e. The van der Waals surface area contributed by atoms with Crippen LogP contribution in [0.15, 0.2) is 83.2 Å². The number of nitro benzene ring substituents is 1. The van der Waals surface area contributed by atoms with Crippen LogP contribution in [0.5, 0.6) is 0 Å². The average Bonchev–Trinajstić information content (AvgIpc) is 3.39. The summed E-state index contributed by atoms with van der Waals surface area (Å²) in [7, 11) is 1.90. The number of hydrogen-bond acceptors (Lipinski definition) is 6. The van der Waals surface area contributed by atoms with Gasteiger partial charge in [-0.3, -0.25) is 14.9 Å². The Hall–Kier alpha value is -3.92. The highest BCUT2D eigenvalue weighted by Gasteiger charge is 2.15. The molecule has 0 fully saturated rings. The summed E-state index contributed by atoms with van der Waals surface area (Å²) >= 11 is 1.44. The second kappa shape index (κ2) is 8.21. The van der Waals surface area contributed by atoms with Gasteiger partial charge in [0.05, 0.1) is 16.3 Å². The van der Waals surface area contributed by atoms with E-state index in [2.05, 4.69) is 15.4 Å². The monoisotopic (exact) mass is 420 g/mol. The second-order valence-electron chi connectivity index (χ2n) is 6.30. The van der Waals surface area contributed by atoms with Gasteiger partial charge < -0.3 is 9.88 Å². The molecule has 2 aromatic carbocycles. The van der Waals surface area contributed by atoms with Crippen LogP contribution in [0.2, 0.25) is 0 Å². The van der Waals surface area contributed by atoms with Crippen molar-refractivity contribution in [3.63, 3.8) is 0 Å². The van der Waals surface area contributed by atoms with Crippen molar-refractivity contribution in [2.45, 2.75) is 10.1 Å². The third kappa shape index (κ3) is 4.08. The fraction of sp³-hybridized carbons (Fsp3) is 0.0500. The van der Waals surface area contributed by atoms with E-state index in [0.717, 1.165) is 10.1 Å². The number of non-ortho nitro benzene ring substituents is 1. The molecule has 0 aliphatic carbocycles. The molecule has 30 heavy (non-hydrogen) atoms. The number of carbonyl (C=O) groups excluding carboxylic acids is 1. The van der Waals surface area contributed by atoms with Gasteiger partial charge in [0, 0.05) is 42.7 Å². The van der Waals surface area contributed by atoms with Crippen molar-refractivity contribution in [2.24, 2.45) is 7.05 Å². The standard InChI is InChI=1S/C20H16N6O3S/c1-24-12-10-21-20(24)30-18-8-3-2-7-16(18)22-19(27)17-9-11-25(23-17)14-5-4-6-15(13-14)26(28)29/h2-13H,1H3,(H,22,27). The van der Waals surface area contributed by atoms with E-state index in [1.807, 2.05) is 36.0 Å². The van der Waals surface area contributed by atoms with Gasteiger partial charge in [0.2, 0.25) is 0 Å². The van der Waals surface area contributed by atoms with Crippen molar-refractivity contribution in [3.05, 3.63) is 89.0 Å². The lowest BCUT2D eigenvalue weighted by molar-refractivity contribution is -0.384. The van der Waals surface area contributed by atoms with Crippen LogP contribution in [0.25, 0.3) is 5.69 Å². The average molecular weight is 420 g/mol. The third-order valence-electron chi connectivity index (χ3n) is 4.24. The highest BCUT2D eigenvalue weighted by atomic mass is 32.2. The first-order valence-corrected chi connectivity index (χ1v) is 9.69. The summed E-state index contributed by atoms with van der Waals surface area (Å²) < 4.78 is 3.32. The number of hydrogen-bond donors (Lipinski definition) is 1. The van der Waals surface area contributed by atoms with E-state index in [1.54, 1.807) is 36.7 Å². The molecule has 150 valence electrons. The smallest absolute Gasteiger partial charge is 0.276 e.